The molecule has 1 heterocycles. The highest BCUT2D eigenvalue weighted by Crippen LogP contribution is 2.47. The Bertz CT molecular complexity index is 607. The summed E-state index contributed by atoms with van der Waals surface area (Å²) in [5.41, 5.74) is 0. The Morgan fingerprint density at radius 1 is 1.36 bits per heavy atom. The summed E-state index contributed by atoms with van der Waals surface area (Å²) in [5, 5.41) is 0. The maximum Gasteiger partial charge on any atom is 0.208 e. The summed E-state index contributed by atoms with van der Waals surface area (Å²) in [4.78, 5) is 2.42. The summed E-state index contributed by atoms with van der Waals surface area (Å²) in [6.07, 6.45) is 5.77. The van der Waals surface area contributed by atoms with Crippen LogP contribution in [0.25, 0.3) is 0 Å². The molecule has 6 heteroatoms. The maximum absolute atomic E-state index is 11.1. The molecule has 2 fully saturated rings. The zero-order chi connectivity index (χ0) is 15.7. The summed E-state index contributed by atoms with van der Waals surface area (Å²) in [6, 6.07) is 4.87. The Balaban J connectivity index is 1.48. The van der Waals surface area contributed by atoms with Gasteiger partial charge in [0.15, 0.2) is 0 Å². The molecule has 5 nitrogen and oxygen atoms in total. The highest BCUT2D eigenvalue weighted by molar-refractivity contribution is 7.88. The molecule has 2 atom stereocenters. The molecular formula is C16H26N2O3S. The third-order valence-corrected chi connectivity index (χ3v) is 5.29. The summed E-state index contributed by atoms with van der Waals surface area (Å²) >= 11 is 0. The van der Waals surface area contributed by atoms with Gasteiger partial charge in [0, 0.05) is 25.0 Å². The van der Waals surface area contributed by atoms with Crippen molar-refractivity contribution in [3.8, 4) is 0 Å². The molecule has 2 aliphatic carbocycles. The van der Waals surface area contributed by atoms with Crippen molar-refractivity contribution in [2.75, 3.05) is 19.3 Å². The molecule has 0 bridgehead atoms. The minimum atomic E-state index is -3.08. The topological polar surface area (TPSA) is 62.6 Å². The number of nitrogens with zero attached hydrogens (tertiary/aromatic N) is 1. The van der Waals surface area contributed by atoms with E-state index in [1.54, 1.807) is 0 Å². The van der Waals surface area contributed by atoms with Gasteiger partial charge >= 0.3 is 0 Å². The van der Waals surface area contributed by atoms with E-state index in [1.165, 1.54) is 25.5 Å². The molecule has 0 amide bonds. The van der Waals surface area contributed by atoms with E-state index in [4.69, 9.17) is 4.42 Å². The Kier molecular flexibility index (Phi) is 4.61. The second-order valence-corrected chi connectivity index (χ2v) is 8.68. The number of hydrogen-bond acceptors (Lipinski definition) is 4. The predicted molar refractivity (Wildman–Crippen MR) is 86.1 cm³/mol. The van der Waals surface area contributed by atoms with Crippen LogP contribution in [0.2, 0.25) is 0 Å². The van der Waals surface area contributed by atoms with E-state index >= 15 is 0 Å². The smallest absolute Gasteiger partial charge is 0.208 e. The minimum absolute atomic E-state index is 0.505. The van der Waals surface area contributed by atoms with Crippen molar-refractivity contribution >= 4 is 10.0 Å². The van der Waals surface area contributed by atoms with Crippen LogP contribution in [-0.4, -0.2) is 38.7 Å². The largest absolute Gasteiger partial charge is 0.464 e. The highest BCUT2D eigenvalue weighted by atomic mass is 32.2. The van der Waals surface area contributed by atoms with Crippen molar-refractivity contribution in [2.45, 2.75) is 51.1 Å². The van der Waals surface area contributed by atoms with Crippen molar-refractivity contribution in [3.05, 3.63) is 23.7 Å². The molecule has 1 N–H and O–H groups in total. The first-order chi connectivity index (χ1) is 10.4. The van der Waals surface area contributed by atoms with Crippen LogP contribution in [0.1, 0.15) is 50.0 Å². The standard InChI is InChI=1S/C16H26N2O3S/c1-12-10-15(12)16-7-6-14(21-16)11-18(13-4-5-13)9-3-8-17-22(2,19)20/h6-7,12-13,15,17H,3-5,8-11H2,1-2H3. The van der Waals surface area contributed by atoms with Gasteiger partial charge in [0.05, 0.1) is 12.8 Å². The Morgan fingerprint density at radius 2 is 2.09 bits per heavy atom. The molecule has 3 rings (SSSR count). The second kappa shape index (κ2) is 6.34. The lowest BCUT2D eigenvalue weighted by Gasteiger charge is -2.20. The van der Waals surface area contributed by atoms with Crippen molar-refractivity contribution in [3.63, 3.8) is 0 Å². The van der Waals surface area contributed by atoms with E-state index in [0.717, 1.165) is 36.9 Å². The second-order valence-electron chi connectivity index (χ2n) is 6.85. The first-order valence-electron chi connectivity index (χ1n) is 8.19. The van der Waals surface area contributed by atoms with E-state index in [1.807, 2.05) is 0 Å². The molecule has 0 spiro atoms. The van der Waals surface area contributed by atoms with Crippen LogP contribution in [-0.2, 0) is 16.6 Å². The van der Waals surface area contributed by atoms with Crippen LogP contribution in [0.3, 0.4) is 0 Å². The average molecular weight is 326 g/mol. The lowest BCUT2D eigenvalue weighted by Crippen LogP contribution is -2.30. The van der Waals surface area contributed by atoms with E-state index in [0.29, 0.717) is 18.5 Å². The lowest BCUT2D eigenvalue weighted by molar-refractivity contribution is 0.229. The van der Waals surface area contributed by atoms with Crippen LogP contribution < -0.4 is 4.72 Å². The van der Waals surface area contributed by atoms with Crippen molar-refractivity contribution in [2.24, 2.45) is 5.92 Å². The van der Waals surface area contributed by atoms with Crippen molar-refractivity contribution in [1.29, 1.82) is 0 Å². The maximum atomic E-state index is 11.1. The summed E-state index contributed by atoms with van der Waals surface area (Å²) < 4.78 is 30.7. The highest BCUT2D eigenvalue weighted by Gasteiger charge is 2.37. The molecule has 22 heavy (non-hydrogen) atoms. The van der Waals surface area contributed by atoms with E-state index < -0.39 is 10.0 Å². The van der Waals surface area contributed by atoms with Gasteiger partial charge in [0.1, 0.15) is 11.5 Å². The fourth-order valence-electron chi connectivity index (χ4n) is 2.97. The van der Waals surface area contributed by atoms with Gasteiger partial charge in [-0.25, -0.2) is 13.1 Å². The quantitative estimate of drug-likeness (QED) is 0.707. The van der Waals surface area contributed by atoms with Crippen molar-refractivity contribution in [1.82, 2.24) is 9.62 Å². The van der Waals surface area contributed by atoms with Gasteiger partial charge in [-0.05, 0) is 43.7 Å². The molecule has 124 valence electrons. The molecule has 0 aliphatic heterocycles. The number of rotatable bonds is 9. The molecule has 2 saturated carbocycles. The van der Waals surface area contributed by atoms with Crippen LogP contribution in [0.5, 0.6) is 0 Å². The van der Waals surface area contributed by atoms with Gasteiger partial charge in [0.25, 0.3) is 0 Å². The summed E-state index contributed by atoms with van der Waals surface area (Å²) in [7, 11) is -3.08. The number of hydrogen-bond donors (Lipinski definition) is 1. The van der Waals surface area contributed by atoms with Gasteiger partial charge in [0.2, 0.25) is 10.0 Å². The number of sulfonamides is 1. The summed E-state index contributed by atoms with van der Waals surface area (Å²) in [5.74, 6) is 3.57. The van der Waals surface area contributed by atoms with Gasteiger partial charge in [-0.15, -0.1) is 0 Å². The molecule has 1 aromatic heterocycles. The fraction of sp³-hybridized carbons (Fsp3) is 0.750. The molecule has 0 saturated heterocycles. The zero-order valence-electron chi connectivity index (χ0n) is 13.4. The third kappa shape index (κ3) is 4.57. The Morgan fingerprint density at radius 3 is 2.68 bits per heavy atom. The predicted octanol–water partition coefficient (Wildman–Crippen LogP) is 2.31. The van der Waals surface area contributed by atoms with Crippen LogP contribution in [0, 0.1) is 5.92 Å². The molecule has 0 radical (unpaired) electrons. The fourth-order valence-corrected chi connectivity index (χ4v) is 3.48. The summed E-state index contributed by atoms with van der Waals surface area (Å²) in [6.45, 7) is 4.51. The molecule has 1 aromatic rings. The molecule has 2 aliphatic rings. The lowest BCUT2D eigenvalue weighted by atomic mass is 10.3. The first kappa shape index (κ1) is 16.0. The van der Waals surface area contributed by atoms with Crippen LogP contribution >= 0.6 is 0 Å². The van der Waals surface area contributed by atoms with Crippen LogP contribution in [0.4, 0.5) is 0 Å². The van der Waals surface area contributed by atoms with E-state index in [-0.39, 0.29) is 0 Å². The third-order valence-electron chi connectivity index (χ3n) is 4.57. The monoisotopic (exact) mass is 326 g/mol. The molecule has 2 unspecified atom stereocenters. The first-order valence-corrected chi connectivity index (χ1v) is 10.1. The minimum Gasteiger partial charge on any atom is -0.464 e. The molecular weight excluding hydrogens is 300 g/mol. The number of nitrogens with one attached hydrogen (secondary N) is 1. The van der Waals surface area contributed by atoms with Gasteiger partial charge in [-0.3, -0.25) is 4.90 Å². The normalized spacial score (nSPS) is 24.9. The molecule has 0 aromatic carbocycles. The number of furan rings is 1. The van der Waals surface area contributed by atoms with Gasteiger partial charge < -0.3 is 4.42 Å². The van der Waals surface area contributed by atoms with E-state index in [2.05, 4.69) is 28.7 Å². The van der Waals surface area contributed by atoms with Crippen molar-refractivity contribution < 1.29 is 12.8 Å². The van der Waals surface area contributed by atoms with Gasteiger partial charge in [-0.2, -0.15) is 0 Å². The Hall–Kier alpha value is -0.850. The Labute approximate surface area is 133 Å². The van der Waals surface area contributed by atoms with Crippen LogP contribution in [0.15, 0.2) is 16.5 Å². The average Bonchev–Trinajstić information content (AvgIpc) is 3.34. The zero-order valence-corrected chi connectivity index (χ0v) is 14.2. The van der Waals surface area contributed by atoms with E-state index in [9.17, 15) is 8.42 Å². The van der Waals surface area contributed by atoms with Gasteiger partial charge in [-0.1, -0.05) is 6.92 Å². The SMILES string of the molecule is CC1CC1c1ccc(CN(CCCNS(C)(=O)=O)C2CC2)o1.